The van der Waals surface area contributed by atoms with E-state index in [-0.39, 0.29) is 17.6 Å². The van der Waals surface area contributed by atoms with Gasteiger partial charge in [0, 0.05) is 23.6 Å². The minimum absolute atomic E-state index is 0.186. The van der Waals surface area contributed by atoms with Crippen molar-refractivity contribution in [2.45, 2.75) is 12.5 Å². The van der Waals surface area contributed by atoms with Gasteiger partial charge in [-0.25, -0.2) is 0 Å². The maximum absolute atomic E-state index is 13.5. The van der Waals surface area contributed by atoms with E-state index in [1.807, 2.05) is 54.6 Å². The zero-order valence-electron chi connectivity index (χ0n) is 16.5. The maximum atomic E-state index is 13.5. The lowest BCUT2D eigenvalue weighted by molar-refractivity contribution is -0.116. The first kappa shape index (κ1) is 18.8. The van der Waals surface area contributed by atoms with Gasteiger partial charge in [0.1, 0.15) is 17.2 Å². The van der Waals surface area contributed by atoms with E-state index in [4.69, 9.17) is 9.15 Å². The maximum Gasteiger partial charge on any atom is 0.270 e. The van der Waals surface area contributed by atoms with Crippen molar-refractivity contribution in [3.8, 4) is 17.1 Å². The summed E-state index contributed by atoms with van der Waals surface area (Å²) in [6.45, 7) is 0.527. The van der Waals surface area contributed by atoms with Crippen LogP contribution in [0.4, 0.5) is 0 Å². The van der Waals surface area contributed by atoms with E-state index in [1.165, 1.54) is 4.68 Å². The second kappa shape index (κ2) is 8.27. The van der Waals surface area contributed by atoms with Crippen molar-refractivity contribution in [1.82, 2.24) is 25.5 Å². The molecule has 0 spiro atoms. The fourth-order valence-corrected chi connectivity index (χ4v) is 3.57. The summed E-state index contributed by atoms with van der Waals surface area (Å²) in [5.74, 6) is 1.44. The minimum Gasteiger partial charge on any atom is -0.493 e. The van der Waals surface area contributed by atoms with E-state index in [2.05, 4.69) is 20.8 Å². The van der Waals surface area contributed by atoms with Crippen LogP contribution in [0, 0.1) is 0 Å². The van der Waals surface area contributed by atoms with Gasteiger partial charge in [-0.05, 0) is 28.6 Å². The highest BCUT2D eigenvalue weighted by Gasteiger charge is 2.26. The molecule has 154 valence electrons. The number of para-hydroxylation sites is 1. The van der Waals surface area contributed by atoms with Gasteiger partial charge in [-0.1, -0.05) is 48.5 Å². The summed E-state index contributed by atoms with van der Waals surface area (Å²) in [6, 6.07) is 20.5. The van der Waals surface area contributed by atoms with E-state index in [0.717, 1.165) is 16.9 Å². The number of carbonyl (C=O) groups is 1. The summed E-state index contributed by atoms with van der Waals surface area (Å²) < 4.78 is 12.6. The highest BCUT2D eigenvalue weighted by Crippen LogP contribution is 2.32. The van der Waals surface area contributed by atoms with Crippen LogP contribution in [0.2, 0.25) is 0 Å². The monoisotopic (exact) mass is 413 g/mol. The molecule has 3 heterocycles. The summed E-state index contributed by atoms with van der Waals surface area (Å²) in [4.78, 5) is 13.5. The molecular weight excluding hydrogens is 394 g/mol. The van der Waals surface area contributed by atoms with Crippen LogP contribution < -0.4 is 10.1 Å². The molecule has 4 aromatic rings. The zero-order chi connectivity index (χ0) is 21.0. The van der Waals surface area contributed by atoms with Gasteiger partial charge < -0.3 is 14.5 Å². The molecule has 5 rings (SSSR count). The Morgan fingerprint density at radius 3 is 2.74 bits per heavy atom. The fraction of sp³-hybridized carbons (Fsp3) is 0.130. The van der Waals surface area contributed by atoms with Gasteiger partial charge in [0.15, 0.2) is 5.82 Å². The number of carbonyl (C=O) groups excluding carboxylic acids is 1. The molecule has 2 aromatic heterocycles. The molecule has 0 radical (unpaired) electrons. The van der Waals surface area contributed by atoms with Crippen LogP contribution in [0.3, 0.4) is 0 Å². The lowest BCUT2D eigenvalue weighted by atomic mass is 10.0. The number of fused-ring (bicyclic) bond motifs is 1. The summed E-state index contributed by atoms with van der Waals surface area (Å²) in [5.41, 5.74) is 1.99. The van der Waals surface area contributed by atoms with Crippen molar-refractivity contribution in [3.63, 3.8) is 0 Å². The topological polar surface area (TPSA) is 95.1 Å². The van der Waals surface area contributed by atoms with Crippen LogP contribution >= 0.6 is 0 Å². The largest absolute Gasteiger partial charge is 0.493 e. The second-order valence-electron chi connectivity index (χ2n) is 7.03. The fourth-order valence-electron chi connectivity index (χ4n) is 3.57. The van der Waals surface area contributed by atoms with Gasteiger partial charge in [-0.2, -0.15) is 4.68 Å². The van der Waals surface area contributed by atoms with Crippen LogP contribution in [0.15, 0.2) is 77.4 Å². The Balaban J connectivity index is 1.52. The molecule has 0 fully saturated rings. The van der Waals surface area contributed by atoms with E-state index < -0.39 is 0 Å². The number of rotatable bonds is 5. The number of amides is 1. The number of nitrogens with one attached hydrogen (secondary N) is 1. The molecule has 1 aliphatic heterocycles. The van der Waals surface area contributed by atoms with Crippen molar-refractivity contribution in [2.24, 2.45) is 0 Å². The highest BCUT2D eigenvalue weighted by molar-refractivity contribution is 6.18. The standard InChI is InChI=1S/C23H19N5O3/c29-23(24-19-12-14-31-21-11-5-4-10-18(19)21)20(15-17-9-6-13-30-17)28-22(25-26-27-28)16-7-2-1-3-8-16/h1-11,13,15,19H,12,14H2,(H,24,29)/b20-15-/t19-/m0/s1. The highest BCUT2D eigenvalue weighted by atomic mass is 16.5. The van der Waals surface area contributed by atoms with Crippen molar-refractivity contribution < 1.29 is 13.9 Å². The Labute approximate surface area is 178 Å². The summed E-state index contributed by atoms with van der Waals surface area (Å²) in [7, 11) is 0. The molecule has 0 saturated heterocycles. The van der Waals surface area contributed by atoms with Gasteiger partial charge in [0.25, 0.3) is 5.91 Å². The van der Waals surface area contributed by atoms with Gasteiger partial charge >= 0.3 is 0 Å². The number of tetrazole rings is 1. The van der Waals surface area contributed by atoms with Crippen molar-refractivity contribution >= 4 is 17.7 Å². The van der Waals surface area contributed by atoms with Crippen LogP contribution in [0.1, 0.15) is 23.8 Å². The van der Waals surface area contributed by atoms with Crippen LogP contribution in [-0.2, 0) is 4.79 Å². The number of nitrogens with zero attached hydrogens (tertiary/aromatic N) is 4. The van der Waals surface area contributed by atoms with Gasteiger partial charge in [0.2, 0.25) is 0 Å². The smallest absolute Gasteiger partial charge is 0.270 e. The third-order valence-corrected chi connectivity index (χ3v) is 5.05. The first-order valence-corrected chi connectivity index (χ1v) is 9.91. The molecule has 1 amide bonds. The molecule has 8 heteroatoms. The van der Waals surface area contributed by atoms with E-state index >= 15 is 0 Å². The van der Waals surface area contributed by atoms with Crippen molar-refractivity contribution in [2.75, 3.05) is 6.61 Å². The second-order valence-corrected chi connectivity index (χ2v) is 7.03. The number of hydrogen-bond donors (Lipinski definition) is 1. The van der Waals surface area contributed by atoms with Gasteiger partial charge in [0.05, 0.1) is 18.9 Å². The average molecular weight is 413 g/mol. The Bertz CT molecular complexity index is 1220. The molecule has 0 saturated carbocycles. The lowest BCUT2D eigenvalue weighted by Gasteiger charge is -2.27. The Hall–Kier alpha value is -4.20. The number of furan rings is 1. The van der Waals surface area contributed by atoms with Gasteiger partial charge in [-0.15, -0.1) is 5.10 Å². The summed E-state index contributed by atoms with van der Waals surface area (Å²) in [6.07, 6.45) is 3.84. The molecule has 0 bridgehead atoms. The molecule has 0 unspecified atom stereocenters. The van der Waals surface area contributed by atoms with Crippen molar-refractivity contribution in [3.05, 3.63) is 84.3 Å². The first-order valence-electron chi connectivity index (χ1n) is 9.91. The van der Waals surface area contributed by atoms with Crippen molar-refractivity contribution in [1.29, 1.82) is 0 Å². The summed E-state index contributed by atoms with van der Waals surface area (Å²) >= 11 is 0. The van der Waals surface area contributed by atoms with Gasteiger partial charge in [-0.3, -0.25) is 4.79 Å². The summed E-state index contributed by atoms with van der Waals surface area (Å²) in [5, 5.41) is 15.1. The number of hydrogen-bond acceptors (Lipinski definition) is 6. The van der Waals surface area contributed by atoms with Crippen LogP contribution in [0.5, 0.6) is 5.75 Å². The van der Waals surface area contributed by atoms with Crippen LogP contribution in [-0.4, -0.2) is 32.7 Å². The predicted molar refractivity (Wildman–Crippen MR) is 114 cm³/mol. The molecule has 1 aliphatic rings. The third kappa shape index (κ3) is 3.83. The first-order chi connectivity index (χ1) is 15.3. The van der Waals surface area contributed by atoms with E-state index in [9.17, 15) is 4.79 Å². The Morgan fingerprint density at radius 1 is 1.06 bits per heavy atom. The quantitative estimate of drug-likeness (QED) is 0.503. The molecule has 1 N–H and O–H groups in total. The number of ether oxygens (including phenoxy) is 1. The van der Waals surface area contributed by atoms with E-state index in [1.54, 1.807) is 24.5 Å². The molecule has 8 nitrogen and oxygen atoms in total. The molecule has 31 heavy (non-hydrogen) atoms. The number of benzene rings is 2. The minimum atomic E-state index is -0.317. The third-order valence-electron chi connectivity index (χ3n) is 5.05. The predicted octanol–water partition coefficient (Wildman–Crippen LogP) is 3.57. The molecule has 2 aromatic carbocycles. The molecular formula is C23H19N5O3. The Morgan fingerprint density at radius 2 is 1.90 bits per heavy atom. The van der Waals surface area contributed by atoms with E-state index in [0.29, 0.717) is 24.6 Å². The zero-order valence-corrected chi connectivity index (χ0v) is 16.5. The molecule has 0 aliphatic carbocycles. The molecule has 1 atom stereocenters. The normalized spacial score (nSPS) is 15.7. The Kier molecular flexibility index (Phi) is 5.02. The average Bonchev–Trinajstić information content (AvgIpc) is 3.50. The number of aromatic nitrogens is 4. The lowest BCUT2D eigenvalue weighted by Crippen LogP contribution is -2.34. The van der Waals surface area contributed by atoms with Crippen LogP contribution in [0.25, 0.3) is 23.2 Å². The SMILES string of the molecule is O=C(N[C@H]1CCOc2ccccc21)/C(=C/c1ccco1)n1nnnc1-c1ccccc1.